The highest BCUT2D eigenvalue weighted by atomic mass is 16.5. The number of methoxy groups -OCH3 is 1. The number of carbonyl (C=O) groups excluding carboxylic acids is 1. The highest BCUT2D eigenvalue weighted by Crippen LogP contribution is 2.25. The zero-order valence-corrected chi connectivity index (χ0v) is 18.0. The van der Waals surface area contributed by atoms with Crippen molar-refractivity contribution in [3.63, 3.8) is 0 Å². The lowest BCUT2D eigenvalue weighted by atomic mass is 10.0. The van der Waals surface area contributed by atoms with E-state index in [0.717, 1.165) is 17.0 Å². The van der Waals surface area contributed by atoms with Gasteiger partial charge in [0.15, 0.2) is 5.69 Å². The third kappa shape index (κ3) is 4.59. The van der Waals surface area contributed by atoms with Crippen molar-refractivity contribution < 1.29 is 24.5 Å². The number of nitrogens with zero attached hydrogens (tertiary/aromatic N) is 4. The second kappa shape index (κ2) is 9.35. The molecule has 0 saturated carbocycles. The van der Waals surface area contributed by atoms with Gasteiger partial charge in [0, 0.05) is 38.8 Å². The first-order valence-electron chi connectivity index (χ1n) is 10.6. The van der Waals surface area contributed by atoms with E-state index >= 15 is 0 Å². The first kappa shape index (κ1) is 21.8. The number of ether oxygens (including phenoxy) is 2. The van der Waals surface area contributed by atoms with Crippen molar-refractivity contribution in [3.8, 4) is 17.0 Å². The third-order valence-electron chi connectivity index (χ3n) is 6.18. The van der Waals surface area contributed by atoms with Crippen LogP contribution in [0.15, 0.2) is 30.3 Å². The molecule has 2 aromatic rings. The number of rotatable bonds is 4. The fraction of sp³-hybridized carbons (Fsp3) is 0.545. The predicted molar refractivity (Wildman–Crippen MR) is 114 cm³/mol. The molecule has 0 unspecified atom stereocenters. The van der Waals surface area contributed by atoms with Crippen LogP contribution in [0.3, 0.4) is 0 Å². The van der Waals surface area contributed by atoms with Crippen molar-refractivity contribution in [2.45, 2.75) is 24.7 Å². The number of aliphatic hydroxyl groups is 2. The van der Waals surface area contributed by atoms with E-state index in [4.69, 9.17) is 9.47 Å². The molecule has 2 aliphatic heterocycles. The first-order valence-corrected chi connectivity index (χ1v) is 10.6. The topological polar surface area (TPSA) is 100 Å². The van der Waals surface area contributed by atoms with Crippen molar-refractivity contribution >= 4 is 5.91 Å². The summed E-state index contributed by atoms with van der Waals surface area (Å²) in [5, 5.41) is 25.5. The summed E-state index contributed by atoms with van der Waals surface area (Å²) in [5.41, 5.74) is 2.10. The van der Waals surface area contributed by atoms with Crippen molar-refractivity contribution in [1.82, 2.24) is 19.6 Å². The van der Waals surface area contributed by atoms with Gasteiger partial charge in [-0.3, -0.25) is 14.4 Å². The third-order valence-corrected chi connectivity index (χ3v) is 6.18. The van der Waals surface area contributed by atoms with Gasteiger partial charge in [-0.1, -0.05) is 0 Å². The molecule has 9 heteroatoms. The Kier molecular flexibility index (Phi) is 6.57. The summed E-state index contributed by atoms with van der Waals surface area (Å²) in [6, 6.07) is 9.04. The van der Waals surface area contributed by atoms with Crippen LogP contribution in [0, 0.1) is 0 Å². The number of carbonyl (C=O) groups is 1. The SMILES string of the molecule is COc1ccc(-c2cc(C(=O)N3CC[C@@H](O)[C@@H](O)[C@H](N4CCOCC4)C3)nn2C)cc1. The second-order valence-corrected chi connectivity index (χ2v) is 8.08. The maximum atomic E-state index is 13.3. The molecule has 0 radical (unpaired) electrons. The lowest BCUT2D eigenvalue weighted by Crippen LogP contribution is -2.55. The van der Waals surface area contributed by atoms with E-state index in [9.17, 15) is 15.0 Å². The number of morpholine rings is 1. The Morgan fingerprint density at radius 1 is 1.16 bits per heavy atom. The van der Waals surface area contributed by atoms with Gasteiger partial charge in [-0.2, -0.15) is 5.10 Å². The van der Waals surface area contributed by atoms with Gasteiger partial charge in [-0.25, -0.2) is 0 Å². The summed E-state index contributed by atoms with van der Waals surface area (Å²) in [6.45, 7) is 3.21. The zero-order chi connectivity index (χ0) is 22.0. The largest absolute Gasteiger partial charge is 0.497 e. The van der Waals surface area contributed by atoms with Crippen LogP contribution in [-0.4, -0.2) is 100 Å². The van der Waals surface area contributed by atoms with Gasteiger partial charge in [-0.05, 0) is 36.8 Å². The average Bonchev–Trinajstić information content (AvgIpc) is 3.13. The van der Waals surface area contributed by atoms with Crippen LogP contribution >= 0.6 is 0 Å². The summed E-state index contributed by atoms with van der Waals surface area (Å²) in [4.78, 5) is 17.1. The van der Waals surface area contributed by atoms with Gasteiger partial charge in [0.25, 0.3) is 5.91 Å². The zero-order valence-electron chi connectivity index (χ0n) is 18.0. The number of likely N-dealkylation sites (tertiary alicyclic amines) is 1. The Bertz CT molecular complexity index is 894. The Labute approximate surface area is 181 Å². The van der Waals surface area contributed by atoms with E-state index in [1.165, 1.54) is 0 Å². The standard InChI is InChI=1S/C22H30N4O5/c1-24-18(15-3-5-16(30-2)6-4-15)13-17(23-24)22(29)26-8-7-20(27)21(28)19(14-26)25-9-11-31-12-10-25/h3-6,13,19-21,27-28H,7-12,14H2,1-2H3/t19-,20-,21+/m1/s1. The number of aliphatic hydroxyl groups excluding tert-OH is 2. The number of amides is 1. The fourth-order valence-electron chi connectivity index (χ4n) is 4.33. The summed E-state index contributed by atoms with van der Waals surface area (Å²) in [5.74, 6) is 0.563. The molecule has 1 aromatic carbocycles. The normalized spacial score (nSPS) is 25.3. The van der Waals surface area contributed by atoms with Gasteiger partial charge >= 0.3 is 0 Å². The number of hydrogen-bond donors (Lipinski definition) is 2. The monoisotopic (exact) mass is 430 g/mol. The molecule has 3 heterocycles. The van der Waals surface area contributed by atoms with Crippen LogP contribution in [0.2, 0.25) is 0 Å². The second-order valence-electron chi connectivity index (χ2n) is 8.08. The molecular weight excluding hydrogens is 400 g/mol. The Hall–Kier alpha value is -2.46. The Morgan fingerprint density at radius 3 is 2.55 bits per heavy atom. The van der Waals surface area contributed by atoms with Crippen molar-refractivity contribution in [2.75, 3.05) is 46.5 Å². The summed E-state index contributed by atoms with van der Waals surface area (Å²) in [7, 11) is 3.43. The highest BCUT2D eigenvalue weighted by Gasteiger charge is 2.38. The molecule has 0 spiro atoms. The number of hydrogen-bond acceptors (Lipinski definition) is 7. The van der Waals surface area contributed by atoms with E-state index in [-0.39, 0.29) is 11.9 Å². The fourth-order valence-corrected chi connectivity index (χ4v) is 4.33. The molecule has 2 fully saturated rings. The number of aromatic nitrogens is 2. The molecule has 9 nitrogen and oxygen atoms in total. The summed E-state index contributed by atoms with van der Waals surface area (Å²) in [6.07, 6.45) is -1.45. The summed E-state index contributed by atoms with van der Waals surface area (Å²) >= 11 is 0. The highest BCUT2D eigenvalue weighted by molar-refractivity contribution is 5.93. The molecule has 3 atom stereocenters. The van der Waals surface area contributed by atoms with Crippen LogP contribution in [0.5, 0.6) is 5.75 Å². The van der Waals surface area contributed by atoms with Gasteiger partial charge < -0.3 is 24.6 Å². The Morgan fingerprint density at radius 2 is 1.87 bits per heavy atom. The van der Waals surface area contributed by atoms with Crippen LogP contribution < -0.4 is 4.74 Å². The van der Waals surface area contributed by atoms with Crippen molar-refractivity contribution in [3.05, 3.63) is 36.0 Å². The maximum Gasteiger partial charge on any atom is 0.274 e. The molecule has 1 aromatic heterocycles. The first-order chi connectivity index (χ1) is 15.0. The van der Waals surface area contributed by atoms with Crippen molar-refractivity contribution in [2.24, 2.45) is 7.05 Å². The molecule has 0 aliphatic carbocycles. The van der Waals surface area contributed by atoms with Crippen LogP contribution in [0.4, 0.5) is 0 Å². The van der Waals surface area contributed by atoms with E-state index in [1.54, 1.807) is 22.8 Å². The smallest absolute Gasteiger partial charge is 0.274 e. The minimum Gasteiger partial charge on any atom is -0.497 e. The number of aryl methyl sites for hydroxylation is 1. The van der Waals surface area contributed by atoms with E-state index < -0.39 is 12.2 Å². The predicted octanol–water partition coefficient (Wildman–Crippen LogP) is 0.364. The molecule has 2 N–H and O–H groups in total. The summed E-state index contributed by atoms with van der Waals surface area (Å²) < 4.78 is 12.3. The van der Waals surface area contributed by atoms with E-state index in [0.29, 0.717) is 51.5 Å². The molecular formula is C22H30N4O5. The van der Waals surface area contributed by atoms with Crippen molar-refractivity contribution in [1.29, 1.82) is 0 Å². The average molecular weight is 431 g/mol. The van der Waals surface area contributed by atoms with E-state index in [1.807, 2.05) is 31.3 Å². The van der Waals surface area contributed by atoms with Crippen LogP contribution in [0.25, 0.3) is 11.3 Å². The lowest BCUT2D eigenvalue weighted by molar-refractivity contribution is -0.0609. The molecule has 2 saturated heterocycles. The van der Waals surface area contributed by atoms with Gasteiger partial charge in [-0.15, -0.1) is 0 Å². The van der Waals surface area contributed by atoms with Crippen LogP contribution in [0.1, 0.15) is 16.9 Å². The molecule has 2 aliphatic rings. The molecule has 1 amide bonds. The molecule has 168 valence electrons. The maximum absolute atomic E-state index is 13.3. The number of benzene rings is 1. The van der Waals surface area contributed by atoms with Gasteiger partial charge in [0.1, 0.15) is 5.75 Å². The van der Waals surface area contributed by atoms with E-state index in [2.05, 4.69) is 10.00 Å². The minimum absolute atomic E-state index is 0.199. The minimum atomic E-state index is -0.908. The lowest BCUT2D eigenvalue weighted by Gasteiger charge is -2.38. The Balaban J connectivity index is 1.55. The van der Waals surface area contributed by atoms with Crippen LogP contribution in [-0.2, 0) is 11.8 Å². The van der Waals surface area contributed by atoms with Gasteiger partial charge in [0.05, 0.1) is 44.3 Å². The molecule has 31 heavy (non-hydrogen) atoms. The quantitative estimate of drug-likeness (QED) is 0.723. The molecule has 0 bridgehead atoms. The molecule has 4 rings (SSSR count). The van der Waals surface area contributed by atoms with Gasteiger partial charge in [0.2, 0.25) is 0 Å².